The number of hydrogen-bond acceptors (Lipinski definition) is 2. The molecule has 0 aliphatic carbocycles. The zero-order valence-corrected chi connectivity index (χ0v) is 8.72. The van der Waals surface area contributed by atoms with E-state index in [9.17, 15) is 9.18 Å². The summed E-state index contributed by atoms with van der Waals surface area (Å²) in [5.74, 6) is 4.29. The first-order chi connectivity index (χ1) is 7.15. The Hall–Kier alpha value is -1.47. The standard InChI is InChI=1S/C11H9FO2S/c12-9-5-4-8(3-1-2-6-15)10(7-9)11(13)14/h4-5,7,15H,2,6H2,(H,13,14). The highest BCUT2D eigenvalue weighted by Gasteiger charge is 2.09. The lowest BCUT2D eigenvalue weighted by atomic mass is 10.1. The molecule has 1 aromatic rings. The number of thiol groups is 1. The van der Waals surface area contributed by atoms with Gasteiger partial charge in [-0.05, 0) is 18.2 Å². The summed E-state index contributed by atoms with van der Waals surface area (Å²) < 4.78 is 12.8. The predicted molar refractivity (Wildman–Crippen MR) is 58.7 cm³/mol. The molecule has 0 unspecified atom stereocenters. The van der Waals surface area contributed by atoms with Crippen molar-refractivity contribution in [2.45, 2.75) is 6.42 Å². The first-order valence-electron chi connectivity index (χ1n) is 4.27. The molecule has 0 aromatic heterocycles. The first-order valence-corrected chi connectivity index (χ1v) is 4.91. The molecule has 0 aliphatic heterocycles. The highest BCUT2D eigenvalue weighted by Crippen LogP contribution is 2.10. The molecular weight excluding hydrogens is 215 g/mol. The highest BCUT2D eigenvalue weighted by atomic mass is 32.1. The van der Waals surface area contributed by atoms with Gasteiger partial charge < -0.3 is 5.11 Å². The fourth-order valence-electron chi connectivity index (χ4n) is 1.02. The Bertz CT molecular complexity index is 432. The van der Waals surface area contributed by atoms with Crippen molar-refractivity contribution in [1.29, 1.82) is 0 Å². The number of rotatable bonds is 2. The van der Waals surface area contributed by atoms with E-state index in [-0.39, 0.29) is 5.56 Å². The fourth-order valence-corrected chi connectivity index (χ4v) is 1.13. The Labute approximate surface area is 92.5 Å². The average Bonchev–Trinajstić information content (AvgIpc) is 2.20. The fraction of sp³-hybridized carbons (Fsp3) is 0.182. The number of benzene rings is 1. The maximum atomic E-state index is 12.8. The Morgan fingerprint density at radius 3 is 2.87 bits per heavy atom. The lowest BCUT2D eigenvalue weighted by molar-refractivity contribution is 0.0696. The van der Waals surface area contributed by atoms with Crippen LogP contribution in [0, 0.1) is 17.7 Å². The van der Waals surface area contributed by atoms with E-state index in [4.69, 9.17) is 5.11 Å². The second-order valence-electron chi connectivity index (χ2n) is 2.77. The van der Waals surface area contributed by atoms with Gasteiger partial charge in [0.25, 0.3) is 0 Å². The van der Waals surface area contributed by atoms with Gasteiger partial charge in [0.05, 0.1) is 5.56 Å². The van der Waals surface area contributed by atoms with E-state index in [1.165, 1.54) is 12.1 Å². The minimum Gasteiger partial charge on any atom is -0.478 e. The van der Waals surface area contributed by atoms with E-state index >= 15 is 0 Å². The Balaban J connectivity index is 3.08. The van der Waals surface area contributed by atoms with Crippen molar-refractivity contribution in [2.75, 3.05) is 5.75 Å². The van der Waals surface area contributed by atoms with Crippen LogP contribution in [0.15, 0.2) is 18.2 Å². The summed E-state index contributed by atoms with van der Waals surface area (Å²) in [5.41, 5.74) is 0.215. The Kier molecular flexibility index (Phi) is 4.19. The van der Waals surface area contributed by atoms with Crippen LogP contribution in [0.3, 0.4) is 0 Å². The van der Waals surface area contributed by atoms with E-state index in [0.29, 0.717) is 17.7 Å². The molecule has 0 saturated carbocycles. The van der Waals surface area contributed by atoms with Crippen molar-refractivity contribution in [1.82, 2.24) is 0 Å². The average molecular weight is 224 g/mol. The molecule has 0 heterocycles. The van der Waals surface area contributed by atoms with Crippen LogP contribution < -0.4 is 0 Å². The van der Waals surface area contributed by atoms with Crippen LogP contribution in [0.1, 0.15) is 22.3 Å². The minimum atomic E-state index is -1.18. The SMILES string of the molecule is O=C(O)c1cc(F)ccc1C#CCCS. The quantitative estimate of drug-likeness (QED) is 0.597. The minimum absolute atomic E-state index is 0.110. The molecule has 0 bridgehead atoms. The van der Waals surface area contributed by atoms with Gasteiger partial charge in [0.1, 0.15) is 5.82 Å². The lowest BCUT2D eigenvalue weighted by Gasteiger charge is -1.98. The maximum Gasteiger partial charge on any atom is 0.337 e. The van der Waals surface area contributed by atoms with E-state index in [2.05, 4.69) is 24.5 Å². The van der Waals surface area contributed by atoms with Gasteiger partial charge in [-0.3, -0.25) is 0 Å². The van der Waals surface area contributed by atoms with Crippen molar-refractivity contribution < 1.29 is 14.3 Å². The molecule has 15 heavy (non-hydrogen) atoms. The number of carbonyl (C=O) groups is 1. The second-order valence-corrected chi connectivity index (χ2v) is 3.22. The van der Waals surface area contributed by atoms with E-state index in [1.807, 2.05) is 0 Å². The van der Waals surface area contributed by atoms with Gasteiger partial charge in [-0.25, -0.2) is 9.18 Å². The molecule has 78 valence electrons. The molecule has 0 amide bonds. The summed E-state index contributed by atoms with van der Waals surface area (Å²) in [7, 11) is 0. The van der Waals surface area contributed by atoms with E-state index < -0.39 is 11.8 Å². The van der Waals surface area contributed by atoms with Gasteiger partial charge in [-0.15, -0.1) is 0 Å². The van der Waals surface area contributed by atoms with Crippen molar-refractivity contribution in [3.05, 3.63) is 35.1 Å². The van der Waals surface area contributed by atoms with Crippen LogP contribution in [0.25, 0.3) is 0 Å². The molecule has 0 saturated heterocycles. The van der Waals surface area contributed by atoms with E-state index in [1.54, 1.807) is 0 Å². The van der Waals surface area contributed by atoms with Crippen molar-refractivity contribution in [3.63, 3.8) is 0 Å². The second kappa shape index (κ2) is 5.42. The van der Waals surface area contributed by atoms with Crippen molar-refractivity contribution >= 4 is 18.6 Å². The number of carboxylic acid groups (broad SMARTS) is 1. The normalized spacial score (nSPS) is 9.20. The summed E-state index contributed by atoms with van der Waals surface area (Å²) in [6.45, 7) is 0. The third-order valence-electron chi connectivity index (χ3n) is 1.67. The summed E-state index contributed by atoms with van der Waals surface area (Å²) >= 11 is 3.97. The molecule has 1 N–H and O–H groups in total. The summed E-state index contributed by atoms with van der Waals surface area (Å²) in [5, 5.41) is 8.80. The lowest BCUT2D eigenvalue weighted by Crippen LogP contribution is -2.00. The molecule has 0 radical (unpaired) electrons. The monoisotopic (exact) mass is 224 g/mol. The van der Waals surface area contributed by atoms with Gasteiger partial charge >= 0.3 is 5.97 Å². The van der Waals surface area contributed by atoms with Crippen molar-refractivity contribution in [3.8, 4) is 11.8 Å². The van der Waals surface area contributed by atoms with Crippen molar-refractivity contribution in [2.24, 2.45) is 0 Å². The van der Waals surface area contributed by atoms with Gasteiger partial charge in [-0.1, -0.05) is 11.8 Å². The van der Waals surface area contributed by atoms with Crippen LogP contribution in [0.4, 0.5) is 4.39 Å². The third kappa shape index (κ3) is 3.30. The molecule has 0 fully saturated rings. The smallest absolute Gasteiger partial charge is 0.337 e. The van der Waals surface area contributed by atoms with Crippen LogP contribution in [-0.4, -0.2) is 16.8 Å². The summed E-state index contributed by atoms with van der Waals surface area (Å²) in [6.07, 6.45) is 0.569. The molecule has 0 atom stereocenters. The number of carboxylic acids is 1. The van der Waals surface area contributed by atoms with Gasteiger partial charge in [0.2, 0.25) is 0 Å². The molecule has 0 aliphatic rings. The predicted octanol–water partition coefficient (Wildman–Crippen LogP) is 2.20. The van der Waals surface area contributed by atoms with Gasteiger partial charge in [0, 0.05) is 17.7 Å². The Morgan fingerprint density at radius 1 is 1.53 bits per heavy atom. The first kappa shape index (κ1) is 11.6. The van der Waals surface area contributed by atoms with Crippen LogP contribution in [0.2, 0.25) is 0 Å². The van der Waals surface area contributed by atoms with E-state index in [0.717, 1.165) is 6.07 Å². The van der Waals surface area contributed by atoms with Gasteiger partial charge in [0.15, 0.2) is 0 Å². The number of hydrogen-bond donors (Lipinski definition) is 2. The Morgan fingerprint density at radius 2 is 2.27 bits per heavy atom. The zero-order chi connectivity index (χ0) is 11.3. The number of halogens is 1. The highest BCUT2D eigenvalue weighted by molar-refractivity contribution is 7.80. The molecule has 4 heteroatoms. The molecule has 2 nitrogen and oxygen atoms in total. The molecule has 1 aromatic carbocycles. The largest absolute Gasteiger partial charge is 0.478 e. The zero-order valence-electron chi connectivity index (χ0n) is 7.83. The topological polar surface area (TPSA) is 37.3 Å². The molecular formula is C11H9FO2S. The summed E-state index contributed by atoms with van der Waals surface area (Å²) in [4.78, 5) is 10.8. The number of aromatic carboxylic acids is 1. The molecule has 0 spiro atoms. The maximum absolute atomic E-state index is 12.8. The van der Waals surface area contributed by atoms with Crippen LogP contribution >= 0.6 is 12.6 Å². The van der Waals surface area contributed by atoms with Crippen LogP contribution in [-0.2, 0) is 0 Å². The molecule has 1 rings (SSSR count). The van der Waals surface area contributed by atoms with Gasteiger partial charge in [-0.2, -0.15) is 12.6 Å². The van der Waals surface area contributed by atoms with Crippen LogP contribution in [0.5, 0.6) is 0 Å². The summed E-state index contributed by atoms with van der Waals surface area (Å²) in [6, 6.07) is 3.52. The third-order valence-corrected chi connectivity index (χ3v) is 1.90.